The first-order chi connectivity index (χ1) is 17.3. The molecule has 4 rings (SSSR count). The quantitative estimate of drug-likeness (QED) is 0.192. The van der Waals surface area contributed by atoms with Gasteiger partial charge in [-0.2, -0.15) is 0 Å². The fourth-order valence-corrected chi connectivity index (χ4v) is 5.62. The zero-order valence-corrected chi connectivity index (χ0v) is 22.7. The molecule has 0 saturated carbocycles. The molecule has 0 saturated heterocycles. The molecule has 0 aromatic heterocycles. The van der Waals surface area contributed by atoms with Crippen molar-refractivity contribution in [2.45, 2.75) is 60.4 Å². The minimum Gasteiger partial charge on any atom is -0.324 e. The smallest absolute Gasteiger partial charge is 0.0963 e. The van der Waals surface area contributed by atoms with Gasteiger partial charge in [-0.15, -0.1) is 0 Å². The average Bonchev–Trinajstić information content (AvgIpc) is 2.83. The van der Waals surface area contributed by atoms with Crippen LogP contribution in [-0.4, -0.2) is 6.34 Å². The van der Waals surface area contributed by atoms with E-state index >= 15 is 0 Å². The summed E-state index contributed by atoms with van der Waals surface area (Å²) in [6, 6.07) is 30.7. The van der Waals surface area contributed by atoms with Crippen LogP contribution in [0.1, 0.15) is 63.4 Å². The molecular formula is C34H38N2. The van der Waals surface area contributed by atoms with Crippen LogP contribution in [0.4, 0.5) is 11.4 Å². The highest BCUT2D eigenvalue weighted by Crippen LogP contribution is 2.41. The molecule has 0 aliphatic carbocycles. The predicted molar refractivity (Wildman–Crippen MR) is 156 cm³/mol. The van der Waals surface area contributed by atoms with Crippen molar-refractivity contribution >= 4 is 17.7 Å². The molecule has 2 heteroatoms. The largest absolute Gasteiger partial charge is 0.324 e. The number of nitrogens with zero attached hydrogens (tertiary/aromatic N) is 2. The molecule has 0 amide bonds. The Balaban J connectivity index is 1.94. The lowest BCUT2D eigenvalue weighted by molar-refractivity contribution is 0.593. The molecular weight excluding hydrogens is 436 g/mol. The molecule has 0 radical (unpaired) electrons. The second-order valence-corrected chi connectivity index (χ2v) is 10.2. The second-order valence-electron chi connectivity index (χ2n) is 10.2. The highest BCUT2D eigenvalue weighted by atomic mass is 15.2. The normalized spacial score (nSPS) is 13.1. The Morgan fingerprint density at radius 1 is 0.611 bits per heavy atom. The van der Waals surface area contributed by atoms with Crippen LogP contribution < -0.4 is 4.90 Å². The molecule has 0 heterocycles. The summed E-state index contributed by atoms with van der Waals surface area (Å²) in [6.07, 6.45) is 2.08. The summed E-state index contributed by atoms with van der Waals surface area (Å²) >= 11 is 0. The van der Waals surface area contributed by atoms with Gasteiger partial charge < -0.3 is 4.90 Å². The molecule has 0 spiro atoms. The van der Waals surface area contributed by atoms with E-state index < -0.39 is 0 Å². The Morgan fingerprint density at radius 2 is 1.06 bits per heavy atom. The van der Waals surface area contributed by atoms with Crippen LogP contribution in [0.15, 0.2) is 89.9 Å². The summed E-state index contributed by atoms with van der Waals surface area (Å²) in [7, 11) is 0. The van der Waals surface area contributed by atoms with E-state index in [0.717, 1.165) is 5.69 Å². The number of hydrogen-bond acceptors (Lipinski definition) is 1. The van der Waals surface area contributed by atoms with Gasteiger partial charge in [0.1, 0.15) is 0 Å². The Hall–Kier alpha value is -3.65. The summed E-state index contributed by atoms with van der Waals surface area (Å²) in [5.74, 6) is 0.236. The molecule has 184 valence electrons. The van der Waals surface area contributed by atoms with Gasteiger partial charge >= 0.3 is 0 Å². The van der Waals surface area contributed by atoms with Gasteiger partial charge in [0, 0.05) is 11.6 Å². The van der Waals surface area contributed by atoms with E-state index in [0.29, 0.717) is 0 Å². The molecule has 0 fully saturated rings. The van der Waals surface area contributed by atoms with Gasteiger partial charge in [0.05, 0.1) is 18.1 Å². The third kappa shape index (κ3) is 5.44. The number of benzene rings is 4. The summed E-state index contributed by atoms with van der Waals surface area (Å²) in [4.78, 5) is 7.56. The maximum atomic E-state index is 5.15. The minimum absolute atomic E-state index is 0.0727. The van der Waals surface area contributed by atoms with Crippen molar-refractivity contribution in [1.82, 2.24) is 0 Å². The van der Waals surface area contributed by atoms with E-state index in [1.807, 2.05) is 0 Å². The van der Waals surface area contributed by atoms with Crippen LogP contribution in [0.3, 0.4) is 0 Å². The van der Waals surface area contributed by atoms with Gasteiger partial charge in [-0.25, -0.2) is 4.99 Å². The zero-order chi connectivity index (χ0) is 25.8. The third-order valence-electron chi connectivity index (χ3n) is 7.08. The van der Waals surface area contributed by atoms with Crippen LogP contribution in [0, 0.1) is 41.5 Å². The summed E-state index contributed by atoms with van der Waals surface area (Å²) in [6.45, 7) is 15.4. The van der Waals surface area contributed by atoms with Gasteiger partial charge in [0.25, 0.3) is 0 Å². The van der Waals surface area contributed by atoms with Crippen LogP contribution in [-0.2, 0) is 0 Å². The fraction of sp³-hybridized carbons (Fsp3) is 0.265. The number of aryl methyl sites for hydroxylation is 6. The van der Waals surface area contributed by atoms with Gasteiger partial charge in [0.15, 0.2) is 0 Å². The molecule has 2 nitrogen and oxygen atoms in total. The number of rotatable bonds is 7. The van der Waals surface area contributed by atoms with Gasteiger partial charge in [-0.1, -0.05) is 103 Å². The van der Waals surface area contributed by atoms with Crippen LogP contribution >= 0.6 is 0 Å². The summed E-state index contributed by atoms with van der Waals surface area (Å²) in [5.41, 5.74) is 12.3. The Morgan fingerprint density at radius 3 is 1.56 bits per heavy atom. The minimum atomic E-state index is 0.0727. The number of anilines is 1. The first-order valence-corrected chi connectivity index (χ1v) is 12.8. The van der Waals surface area contributed by atoms with E-state index in [-0.39, 0.29) is 12.0 Å². The maximum absolute atomic E-state index is 5.15. The van der Waals surface area contributed by atoms with Gasteiger partial charge in [-0.05, 0) is 74.9 Å². The fourth-order valence-electron chi connectivity index (χ4n) is 5.62. The molecule has 2 atom stereocenters. The van der Waals surface area contributed by atoms with Crippen molar-refractivity contribution in [3.05, 3.63) is 129 Å². The SMILES string of the molecule is Cc1cc(C)c(/N=C/N(c2c(C)cc(C)cc2C)[C@H](c2ccccc2)[C@H](C)c2ccccc2)c(C)c1. The van der Waals surface area contributed by atoms with Gasteiger partial charge in [0.2, 0.25) is 0 Å². The van der Waals surface area contributed by atoms with Crippen molar-refractivity contribution in [3.63, 3.8) is 0 Å². The number of aliphatic imine (C=N–C) groups is 1. The monoisotopic (exact) mass is 474 g/mol. The maximum Gasteiger partial charge on any atom is 0.0963 e. The molecule has 4 aromatic carbocycles. The lowest BCUT2D eigenvalue weighted by Gasteiger charge is -2.37. The second kappa shape index (κ2) is 11.0. The van der Waals surface area contributed by atoms with Crippen molar-refractivity contribution in [3.8, 4) is 0 Å². The lowest BCUT2D eigenvalue weighted by atomic mass is 9.86. The van der Waals surface area contributed by atoms with E-state index in [4.69, 9.17) is 4.99 Å². The lowest BCUT2D eigenvalue weighted by Crippen LogP contribution is -2.32. The van der Waals surface area contributed by atoms with Crippen molar-refractivity contribution in [1.29, 1.82) is 0 Å². The van der Waals surface area contributed by atoms with Crippen LogP contribution in [0.25, 0.3) is 0 Å². The molecule has 4 aromatic rings. The van der Waals surface area contributed by atoms with E-state index in [9.17, 15) is 0 Å². The number of hydrogen-bond donors (Lipinski definition) is 0. The van der Waals surface area contributed by atoms with Crippen molar-refractivity contribution in [2.75, 3.05) is 4.90 Å². The van der Waals surface area contributed by atoms with E-state index in [1.165, 1.54) is 50.2 Å². The van der Waals surface area contributed by atoms with E-state index in [1.54, 1.807) is 0 Å². The molecule has 0 bridgehead atoms. The molecule has 0 unspecified atom stereocenters. The molecule has 0 N–H and O–H groups in total. The standard InChI is InChI=1S/C34H38N2/c1-23-18-25(3)32(26(4)19-23)35-22-36(33-27(5)20-24(2)21-28(33)6)34(31-16-12-9-13-17-31)29(7)30-14-10-8-11-15-30/h8-22,29,34H,1-7H3/b35-22+/t29-,34+/m1/s1. The zero-order valence-electron chi connectivity index (χ0n) is 22.7. The summed E-state index contributed by atoms with van der Waals surface area (Å²) in [5, 5.41) is 0. The van der Waals surface area contributed by atoms with Crippen LogP contribution in [0.5, 0.6) is 0 Å². The van der Waals surface area contributed by atoms with Crippen LogP contribution in [0.2, 0.25) is 0 Å². The highest BCUT2D eigenvalue weighted by molar-refractivity contribution is 5.86. The van der Waals surface area contributed by atoms with Crippen molar-refractivity contribution in [2.24, 2.45) is 4.99 Å². The molecule has 0 aliphatic heterocycles. The van der Waals surface area contributed by atoms with E-state index in [2.05, 4.69) is 145 Å². The Bertz CT molecular complexity index is 1310. The van der Waals surface area contributed by atoms with Gasteiger partial charge in [-0.3, -0.25) is 0 Å². The highest BCUT2D eigenvalue weighted by Gasteiger charge is 2.29. The third-order valence-corrected chi connectivity index (χ3v) is 7.08. The Kier molecular flexibility index (Phi) is 7.74. The first kappa shape index (κ1) is 25.4. The topological polar surface area (TPSA) is 15.6 Å². The molecule has 36 heavy (non-hydrogen) atoms. The Labute approximate surface area is 217 Å². The molecule has 0 aliphatic rings. The summed E-state index contributed by atoms with van der Waals surface area (Å²) < 4.78 is 0. The predicted octanol–water partition coefficient (Wildman–Crippen LogP) is 9.25. The average molecular weight is 475 g/mol. The van der Waals surface area contributed by atoms with Crippen molar-refractivity contribution < 1.29 is 0 Å². The first-order valence-electron chi connectivity index (χ1n) is 12.8.